The molecule has 1 atom stereocenters. The molecule has 3 nitrogen and oxygen atoms in total. The van der Waals surface area contributed by atoms with E-state index in [0.29, 0.717) is 12.1 Å². The predicted octanol–water partition coefficient (Wildman–Crippen LogP) is 1.38. The molecule has 1 aromatic carbocycles. The van der Waals surface area contributed by atoms with Crippen LogP contribution in [0.1, 0.15) is 18.1 Å². The van der Waals surface area contributed by atoms with Gasteiger partial charge in [-0.25, -0.2) is 0 Å². The van der Waals surface area contributed by atoms with Crippen molar-refractivity contribution in [3.63, 3.8) is 0 Å². The van der Waals surface area contributed by atoms with E-state index in [-0.39, 0.29) is 0 Å². The summed E-state index contributed by atoms with van der Waals surface area (Å²) in [5, 5.41) is 8.93. The number of ether oxygens (including phenoxy) is 1. The van der Waals surface area contributed by atoms with E-state index in [1.54, 1.807) is 13.2 Å². The Labute approximate surface area is 84.1 Å². The van der Waals surface area contributed by atoms with E-state index >= 15 is 0 Å². The highest BCUT2D eigenvalue weighted by Crippen LogP contribution is 2.25. The van der Waals surface area contributed by atoms with Gasteiger partial charge in [0, 0.05) is 19.2 Å². The topological polar surface area (TPSA) is 59.0 Å². The number of methoxy groups -OCH3 is 1. The van der Waals surface area contributed by atoms with Crippen molar-refractivity contribution in [3.05, 3.63) is 35.4 Å². The van der Waals surface area contributed by atoms with Gasteiger partial charge >= 0.3 is 0 Å². The number of nitrogens with two attached hydrogens (primary N) is 1. The second kappa shape index (κ2) is 4.23. The summed E-state index contributed by atoms with van der Waals surface area (Å²) in [6, 6.07) is 9.48. The highest BCUT2D eigenvalue weighted by atomic mass is 16.5. The molecule has 1 rings (SSSR count). The van der Waals surface area contributed by atoms with E-state index < -0.39 is 5.60 Å². The van der Waals surface area contributed by atoms with Crippen LogP contribution >= 0.6 is 0 Å². The van der Waals surface area contributed by atoms with Crippen molar-refractivity contribution in [2.75, 3.05) is 13.7 Å². The van der Waals surface area contributed by atoms with Gasteiger partial charge in [0.25, 0.3) is 0 Å². The van der Waals surface area contributed by atoms with Crippen molar-refractivity contribution in [2.24, 2.45) is 5.73 Å². The molecule has 0 bridgehead atoms. The molecule has 0 aromatic heterocycles. The van der Waals surface area contributed by atoms with Crippen LogP contribution < -0.4 is 5.73 Å². The summed E-state index contributed by atoms with van der Waals surface area (Å²) in [6.07, 6.45) is 0. The minimum Gasteiger partial charge on any atom is -0.372 e. The molecule has 0 fully saturated rings. The quantitative estimate of drug-likeness (QED) is 0.783. The summed E-state index contributed by atoms with van der Waals surface area (Å²) < 4.78 is 5.34. The molecule has 0 saturated heterocycles. The van der Waals surface area contributed by atoms with E-state index in [1.165, 1.54) is 0 Å². The molecule has 74 valence electrons. The van der Waals surface area contributed by atoms with Gasteiger partial charge in [0.1, 0.15) is 5.60 Å². The van der Waals surface area contributed by atoms with Crippen molar-refractivity contribution >= 4 is 0 Å². The normalized spacial score (nSPS) is 14.4. The lowest BCUT2D eigenvalue weighted by Crippen LogP contribution is -2.34. The molecule has 3 heteroatoms. The average Bonchev–Trinajstić information content (AvgIpc) is 2.28. The highest BCUT2D eigenvalue weighted by Gasteiger charge is 2.26. The van der Waals surface area contributed by atoms with Gasteiger partial charge in [-0.1, -0.05) is 18.2 Å². The molecular formula is C11H14N2O. The average molecular weight is 190 g/mol. The van der Waals surface area contributed by atoms with Crippen molar-refractivity contribution in [2.45, 2.75) is 12.5 Å². The number of hydrogen-bond donors (Lipinski definition) is 1. The van der Waals surface area contributed by atoms with Crippen LogP contribution in [0.5, 0.6) is 0 Å². The maximum Gasteiger partial charge on any atom is 0.103 e. The predicted molar refractivity (Wildman–Crippen MR) is 54.6 cm³/mol. The van der Waals surface area contributed by atoms with Gasteiger partial charge in [0.05, 0.1) is 11.6 Å². The lowest BCUT2D eigenvalue weighted by atomic mass is 9.92. The fraction of sp³-hybridized carbons (Fsp3) is 0.364. The third-order valence-electron chi connectivity index (χ3n) is 2.46. The maximum absolute atomic E-state index is 8.93. The van der Waals surface area contributed by atoms with Crippen LogP contribution in [0.25, 0.3) is 0 Å². The lowest BCUT2D eigenvalue weighted by molar-refractivity contribution is 0.00986. The van der Waals surface area contributed by atoms with Crippen molar-refractivity contribution in [1.82, 2.24) is 0 Å². The van der Waals surface area contributed by atoms with Crippen LogP contribution in [0, 0.1) is 11.3 Å². The number of hydrogen-bond acceptors (Lipinski definition) is 3. The zero-order valence-electron chi connectivity index (χ0n) is 8.45. The van der Waals surface area contributed by atoms with E-state index in [0.717, 1.165) is 5.56 Å². The molecule has 0 aliphatic carbocycles. The van der Waals surface area contributed by atoms with Gasteiger partial charge in [0.2, 0.25) is 0 Å². The second-order valence-electron chi connectivity index (χ2n) is 3.30. The first-order chi connectivity index (χ1) is 6.68. The monoisotopic (exact) mass is 190 g/mol. The van der Waals surface area contributed by atoms with Crippen molar-refractivity contribution < 1.29 is 4.74 Å². The second-order valence-corrected chi connectivity index (χ2v) is 3.30. The van der Waals surface area contributed by atoms with Gasteiger partial charge in [-0.2, -0.15) is 5.26 Å². The van der Waals surface area contributed by atoms with Crippen LogP contribution in [-0.4, -0.2) is 13.7 Å². The fourth-order valence-electron chi connectivity index (χ4n) is 1.35. The molecule has 0 radical (unpaired) electrons. The number of benzene rings is 1. The van der Waals surface area contributed by atoms with Gasteiger partial charge < -0.3 is 10.5 Å². The summed E-state index contributed by atoms with van der Waals surface area (Å²) >= 11 is 0. The summed E-state index contributed by atoms with van der Waals surface area (Å²) in [7, 11) is 1.60. The Morgan fingerprint density at radius 1 is 1.50 bits per heavy atom. The zero-order chi connectivity index (χ0) is 10.6. The molecule has 1 unspecified atom stereocenters. The standard InChI is InChI=1S/C11H14N2O/c1-11(8-13,14-2)10-6-4-3-5-9(10)7-12/h3-6H,8,13H2,1-2H3. The van der Waals surface area contributed by atoms with E-state index in [9.17, 15) is 0 Å². The van der Waals surface area contributed by atoms with Crippen LogP contribution in [0.15, 0.2) is 24.3 Å². The summed E-state index contributed by atoms with van der Waals surface area (Å²) in [5.41, 5.74) is 6.52. The molecule has 14 heavy (non-hydrogen) atoms. The highest BCUT2D eigenvalue weighted by molar-refractivity contribution is 5.41. The number of nitrogens with zero attached hydrogens (tertiary/aromatic N) is 1. The van der Waals surface area contributed by atoms with Crippen LogP contribution in [0.4, 0.5) is 0 Å². The van der Waals surface area contributed by atoms with Crippen molar-refractivity contribution in [1.29, 1.82) is 5.26 Å². The molecular weight excluding hydrogens is 176 g/mol. The Morgan fingerprint density at radius 2 is 2.14 bits per heavy atom. The third-order valence-corrected chi connectivity index (χ3v) is 2.46. The molecule has 0 spiro atoms. The largest absolute Gasteiger partial charge is 0.372 e. The summed E-state index contributed by atoms with van der Waals surface area (Å²) in [5.74, 6) is 0. The van der Waals surface area contributed by atoms with Gasteiger partial charge in [-0.15, -0.1) is 0 Å². The first-order valence-electron chi connectivity index (χ1n) is 4.43. The first-order valence-corrected chi connectivity index (χ1v) is 4.43. The molecule has 0 saturated carbocycles. The fourth-order valence-corrected chi connectivity index (χ4v) is 1.35. The van der Waals surface area contributed by atoms with Gasteiger partial charge in [-0.05, 0) is 13.0 Å². The zero-order valence-corrected chi connectivity index (χ0v) is 8.45. The molecule has 0 aliphatic heterocycles. The molecule has 0 aliphatic rings. The van der Waals surface area contributed by atoms with Crippen LogP contribution in [-0.2, 0) is 10.3 Å². The minimum atomic E-state index is -0.577. The van der Waals surface area contributed by atoms with E-state index in [1.807, 2.05) is 25.1 Å². The SMILES string of the molecule is COC(C)(CN)c1ccccc1C#N. The summed E-state index contributed by atoms with van der Waals surface area (Å²) in [4.78, 5) is 0. The smallest absolute Gasteiger partial charge is 0.103 e. The first kappa shape index (κ1) is 10.7. The summed E-state index contributed by atoms with van der Waals surface area (Å²) in [6.45, 7) is 2.23. The molecule has 2 N–H and O–H groups in total. The van der Waals surface area contributed by atoms with E-state index in [4.69, 9.17) is 15.7 Å². The Morgan fingerprint density at radius 3 is 2.64 bits per heavy atom. The van der Waals surface area contributed by atoms with Gasteiger partial charge in [-0.3, -0.25) is 0 Å². The Bertz CT molecular complexity index is 351. The molecule has 0 amide bonds. The van der Waals surface area contributed by atoms with E-state index in [2.05, 4.69) is 6.07 Å². The Balaban J connectivity index is 3.24. The Hall–Kier alpha value is -1.37. The third kappa shape index (κ3) is 1.77. The number of nitriles is 1. The van der Waals surface area contributed by atoms with Crippen LogP contribution in [0.3, 0.4) is 0 Å². The Kier molecular flexibility index (Phi) is 3.23. The minimum absolute atomic E-state index is 0.349. The maximum atomic E-state index is 8.93. The molecule has 1 aromatic rings. The van der Waals surface area contributed by atoms with Gasteiger partial charge in [0.15, 0.2) is 0 Å². The lowest BCUT2D eigenvalue weighted by Gasteiger charge is -2.27. The molecule has 0 heterocycles. The van der Waals surface area contributed by atoms with Crippen molar-refractivity contribution in [3.8, 4) is 6.07 Å². The van der Waals surface area contributed by atoms with Crippen LogP contribution in [0.2, 0.25) is 0 Å². The number of rotatable bonds is 3.